The number of rotatable bonds is 5. The zero-order valence-corrected chi connectivity index (χ0v) is 14.9. The van der Waals surface area contributed by atoms with Gasteiger partial charge in [0, 0.05) is 44.0 Å². The Balaban J connectivity index is 1.81. The van der Waals surface area contributed by atoms with Crippen LogP contribution in [0.5, 0.6) is 0 Å². The van der Waals surface area contributed by atoms with Crippen LogP contribution in [0.4, 0.5) is 5.69 Å². The lowest BCUT2D eigenvalue weighted by molar-refractivity contribution is -0.117. The van der Waals surface area contributed by atoms with Crippen LogP contribution in [0.2, 0.25) is 0 Å². The molecule has 1 saturated heterocycles. The first-order valence-corrected chi connectivity index (χ1v) is 8.34. The summed E-state index contributed by atoms with van der Waals surface area (Å²) in [7, 11) is 0. The molecule has 128 valence electrons. The van der Waals surface area contributed by atoms with Crippen LogP contribution in [0.3, 0.4) is 0 Å². The predicted molar refractivity (Wildman–Crippen MR) is 95.7 cm³/mol. The summed E-state index contributed by atoms with van der Waals surface area (Å²) < 4.78 is 0. The van der Waals surface area contributed by atoms with Crippen LogP contribution in [0.15, 0.2) is 18.2 Å². The first-order valence-electron chi connectivity index (χ1n) is 8.34. The number of amides is 1. The number of nitrogens with one attached hydrogen (secondary N) is 1. The molecule has 1 amide bonds. The van der Waals surface area contributed by atoms with E-state index in [4.69, 9.17) is 5.73 Å². The molecule has 1 fully saturated rings. The summed E-state index contributed by atoms with van der Waals surface area (Å²) in [6, 6.07) is 6.06. The van der Waals surface area contributed by atoms with Gasteiger partial charge in [0.15, 0.2) is 0 Å². The molecule has 5 nitrogen and oxygen atoms in total. The van der Waals surface area contributed by atoms with Gasteiger partial charge in [-0.25, -0.2) is 0 Å². The van der Waals surface area contributed by atoms with Gasteiger partial charge in [0.1, 0.15) is 0 Å². The van der Waals surface area contributed by atoms with Crippen LogP contribution < -0.4 is 11.1 Å². The van der Waals surface area contributed by atoms with E-state index in [1.807, 2.05) is 32.0 Å². The Morgan fingerprint density at radius 3 is 2.17 bits per heavy atom. The van der Waals surface area contributed by atoms with Gasteiger partial charge in [0.2, 0.25) is 5.91 Å². The topological polar surface area (TPSA) is 61.6 Å². The van der Waals surface area contributed by atoms with E-state index < -0.39 is 0 Å². The fourth-order valence-electron chi connectivity index (χ4n) is 3.08. The number of benzene rings is 1. The molecule has 23 heavy (non-hydrogen) atoms. The molecule has 2 rings (SSSR count). The lowest BCUT2D eigenvalue weighted by Crippen LogP contribution is -2.53. The molecule has 1 aliphatic rings. The van der Waals surface area contributed by atoms with Crippen molar-refractivity contribution in [2.45, 2.75) is 33.2 Å². The summed E-state index contributed by atoms with van der Waals surface area (Å²) in [5.41, 5.74) is 9.07. The average Bonchev–Trinajstić information content (AvgIpc) is 2.44. The molecule has 0 aromatic heterocycles. The second-order valence-corrected chi connectivity index (χ2v) is 7.36. The predicted octanol–water partition coefficient (Wildman–Crippen LogP) is 1.60. The smallest absolute Gasteiger partial charge is 0.238 e. The van der Waals surface area contributed by atoms with Gasteiger partial charge in [0.25, 0.3) is 0 Å². The second-order valence-electron chi connectivity index (χ2n) is 7.36. The summed E-state index contributed by atoms with van der Waals surface area (Å²) in [5, 5.41) is 3.06. The van der Waals surface area contributed by atoms with Gasteiger partial charge < -0.3 is 11.1 Å². The minimum absolute atomic E-state index is 0.0648. The van der Waals surface area contributed by atoms with Crippen molar-refractivity contribution in [3.05, 3.63) is 29.3 Å². The van der Waals surface area contributed by atoms with E-state index in [0.717, 1.165) is 49.5 Å². The molecule has 1 heterocycles. The summed E-state index contributed by atoms with van der Waals surface area (Å²) in [5.74, 6) is 0.0648. The number of nitrogens with two attached hydrogens (primary N) is 1. The number of hydrogen-bond acceptors (Lipinski definition) is 4. The van der Waals surface area contributed by atoms with E-state index in [-0.39, 0.29) is 11.4 Å². The van der Waals surface area contributed by atoms with Crippen molar-refractivity contribution in [1.82, 2.24) is 9.80 Å². The fraction of sp³-hybridized carbons (Fsp3) is 0.611. The summed E-state index contributed by atoms with van der Waals surface area (Å²) in [6.07, 6.45) is 0. The van der Waals surface area contributed by atoms with Crippen LogP contribution in [0.25, 0.3) is 0 Å². The molecular weight excluding hydrogens is 288 g/mol. The summed E-state index contributed by atoms with van der Waals surface area (Å²) in [4.78, 5) is 16.9. The number of nitrogens with zero attached hydrogens (tertiary/aromatic N) is 2. The highest BCUT2D eigenvalue weighted by Gasteiger charge is 2.23. The maximum atomic E-state index is 12.3. The molecule has 3 N–H and O–H groups in total. The Kier molecular flexibility index (Phi) is 5.79. The third kappa shape index (κ3) is 5.61. The monoisotopic (exact) mass is 318 g/mol. The number of carbonyl (C=O) groups excluding carboxylic acids is 1. The van der Waals surface area contributed by atoms with Crippen LogP contribution >= 0.6 is 0 Å². The first kappa shape index (κ1) is 17.9. The van der Waals surface area contributed by atoms with Gasteiger partial charge in [-0.05, 0) is 38.8 Å². The van der Waals surface area contributed by atoms with Crippen LogP contribution in [-0.2, 0) is 4.79 Å². The highest BCUT2D eigenvalue weighted by atomic mass is 16.2. The third-order valence-electron chi connectivity index (χ3n) is 4.21. The fourth-order valence-corrected chi connectivity index (χ4v) is 3.08. The molecule has 0 radical (unpaired) electrons. The van der Waals surface area contributed by atoms with Crippen molar-refractivity contribution in [2.75, 3.05) is 44.6 Å². The lowest BCUT2D eigenvalue weighted by atomic mass is 10.1. The molecule has 0 unspecified atom stereocenters. The molecular formula is C18H30N4O. The van der Waals surface area contributed by atoms with Gasteiger partial charge in [-0.15, -0.1) is 0 Å². The highest BCUT2D eigenvalue weighted by Crippen LogP contribution is 2.19. The van der Waals surface area contributed by atoms with Crippen LogP contribution in [-0.4, -0.2) is 60.5 Å². The number of aryl methyl sites for hydroxylation is 2. The number of para-hydroxylation sites is 1. The number of hydrogen-bond donors (Lipinski definition) is 2. The van der Waals surface area contributed by atoms with E-state index in [1.54, 1.807) is 0 Å². The minimum atomic E-state index is -0.165. The maximum Gasteiger partial charge on any atom is 0.238 e. The van der Waals surface area contributed by atoms with Gasteiger partial charge in [-0.3, -0.25) is 14.6 Å². The molecule has 0 aliphatic carbocycles. The Morgan fingerprint density at radius 2 is 1.65 bits per heavy atom. The zero-order valence-electron chi connectivity index (χ0n) is 14.9. The normalized spacial score (nSPS) is 17.3. The van der Waals surface area contributed by atoms with Crippen LogP contribution in [0.1, 0.15) is 25.0 Å². The molecule has 1 aliphatic heterocycles. The maximum absolute atomic E-state index is 12.3. The molecule has 5 heteroatoms. The molecule has 0 saturated carbocycles. The highest BCUT2D eigenvalue weighted by molar-refractivity contribution is 5.93. The van der Waals surface area contributed by atoms with Crippen molar-refractivity contribution in [3.63, 3.8) is 0 Å². The molecule has 0 spiro atoms. The van der Waals surface area contributed by atoms with Crippen molar-refractivity contribution < 1.29 is 4.79 Å². The van der Waals surface area contributed by atoms with Crippen molar-refractivity contribution in [1.29, 1.82) is 0 Å². The van der Waals surface area contributed by atoms with Crippen molar-refractivity contribution >= 4 is 11.6 Å². The number of carbonyl (C=O) groups is 1. The average molecular weight is 318 g/mol. The number of piperazine rings is 1. The summed E-state index contributed by atoms with van der Waals surface area (Å²) in [6.45, 7) is 13.3. The largest absolute Gasteiger partial charge is 0.324 e. The van der Waals surface area contributed by atoms with E-state index in [9.17, 15) is 4.79 Å². The molecule has 0 bridgehead atoms. The minimum Gasteiger partial charge on any atom is -0.324 e. The molecule has 1 aromatic rings. The lowest BCUT2D eigenvalue weighted by Gasteiger charge is -2.37. The first-order chi connectivity index (χ1) is 10.7. The van der Waals surface area contributed by atoms with Gasteiger partial charge >= 0.3 is 0 Å². The van der Waals surface area contributed by atoms with Crippen molar-refractivity contribution in [3.8, 4) is 0 Å². The number of anilines is 1. The van der Waals surface area contributed by atoms with Crippen LogP contribution in [0, 0.1) is 13.8 Å². The van der Waals surface area contributed by atoms with E-state index in [2.05, 4.69) is 29.0 Å². The molecule has 1 aromatic carbocycles. The Bertz CT molecular complexity index is 522. The van der Waals surface area contributed by atoms with Gasteiger partial charge in [-0.1, -0.05) is 18.2 Å². The summed E-state index contributed by atoms with van der Waals surface area (Å²) >= 11 is 0. The van der Waals surface area contributed by atoms with E-state index in [0.29, 0.717) is 6.54 Å². The van der Waals surface area contributed by atoms with Gasteiger partial charge in [-0.2, -0.15) is 0 Å². The quantitative estimate of drug-likeness (QED) is 0.866. The Hall–Kier alpha value is -1.43. The Morgan fingerprint density at radius 1 is 1.13 bits per heavy atom. The van der Waals surface area contributed by atoms with E-state index in [1.165, 1.54) is 0 Å². The SMILES string of the molecule is Cc1cccc(C)c1NC(=O)CN1CCN(CC(C)(C)N)CC1. The van der Waals surface area contributed by atoms with E-state index >= 15 is 0 Å². The third-order valence-corrected chi connectivity index (χ3v) is 4.21. The Labute approximate surface area is 139 Å². The van der Waals surface area contributed by atoms with Gasteiger partial charge in [0.05, 0.1) is 6.54 Å². The van der Waals surface area contributed by atoms with Crippen molar-refractivity contribution in [2.24, 2.45) is 5.73 Å². The second kappa shape index (κ2) is 7.43. The zero-order chi connectivity index (χ0) is 17.0. The molecule has 0 atom stereocenters. The standard InChI is InChI=1S/C18H30N4O/c1-14-6-5-7-15(2)17(14)20-16(23)12-21-8-10-22(11-9-21)13-18(3,4)19/h5-7H,8-13,19H2,1-4H3,(H,20,23).